The van der Waals surface area contributed by atoms with E-state index in [2.05, 4.69) is 5.32 Å². The second-order valence-corrected chi connectivity index (χ2v) is 6.21. The Balaban J connectivity index is 0.00000420. The van der Waals surface area contributed by atoms with Crippen LogP contribution in [0.15, 0.2) is 48.5 Å². The molecule has 0 aliphatic heterocycles. The molecule has 0 radical (unpaired) electrons. The third-order valence-corrected chi connectivity index (χ3v) is 4.11. The van der Waals surface area contributed by atoms with Gasteiger partial charge in [0.1, 0.15) is 0 Å². The Labute approximate surface area is 206 Å². The zero-order valence-corrected chi connectivity index (χ0v) is 17.0. The van der Waals surface area contributed by atoms with Crippen LogP contribution in [0.5, 0.6) is 0 Å². The smallest absolute Gasteiger partial charge is 0.235 e. The van der Waals surface area contributed by atoms with Crippen molar-refractivity contribution in [1.29, 1.82) is 0 Å². The Kier molecular flexibility index (Phi) is 10.2. The van der Waals surface area contributed by atoms with E-state index in [0.717, 1.165) is 0 Å². The van der Waals surface area contributed by atoms with E-state index in [4.69, 9.17) is 17.2 Å². The van der Waals surface area contributed by atoms with Gasteiger partial charge in [-0.1, -0.05) is 30.3 Å². The summed E-state index contributed by atoms with van der Waals surface area (Å²) in [7, 11) is 0. The van der Waals surface area contributed by atoms with Crippen molar-refractivity contribution in [1.82, 2.24) is 5.32 Å². The summed E-state index contributed by atoms with van der Waals surface area (Å²) in [5, 5.41) is 2.33. The standard InChI is InChI=1S/C20H21N4O4.Yb/c21-15-7-3-1-5-13(15)18(26)9-12(11-25)24-20(28)17(23)10-19(27)14-6-2-4-8-16(14)22;/h1-8,12,17H,9-10,21-23H2,(H,24,28);/q-1;. The molecule has 29 heavy (non-hydrogen) atoms. The van der Waals surface area contributed by atoms with Gasteiger partial charge in [0, 0.05) is 82.3 Å². The van der Waals surface area contributed by atoms with E-state index >= 15 is 0 Å². The second kappa shape index (κ2) is 11.9. The quantitative estimate of drug-likeness (QED) is 0.201. The maximum Gasteiger partial charge on any atom is 0.235 e. The van der Waals surface area contributed by atoms with E-state index in [1.165, 1.54) is 12.1 Å². The molecule has 0 heterocycles. The summed E-state index contributed by atoms with van der Waals surface area (Å²) >= 11 is 0. The van der Waals surface area contributed by atoms with Gasteiger partial charge in [0.2, 0.25) is 5.91 Å². The predicted molar refractivity (Wildman–Crippen MR) is 105 cm³/mol. The van der Waals surface area contributed by atoms with Gasteiger partial charge in [0.15, 0.2) is 11.6 Å². The molecule has 7 N–H and O–H groups in total. The number of anilines is 2. The normalized spacial score (nSPS) is 12.2. The van der Waals surface area contributed by atoms with Gasteiger partial charge in [-0.3, -0.25) is 14.4 Å². The number of nitrogen functional groups attached to an aromatic ring is 2. The molecule has 0 spiro atoms. The molecule has 2 rings (SSSR count). The third kappa shape index (κ3) is 7.08. The van der Waals surface area contributed by atoms with E-state index in [9.17, 15) is 19.2 Å². The minimum Gasteiger partial charge on any atom is -0.540 e. The zero-order valence-electron chi connectivity index (χ0n) is 15.3. The van der Waals surface area contributed by atoms with E-state index in [1.807, 2.05) is 0 Å². The molecule has 8 nitrogen and oxygen atoms in total. The summed E-state index contributed by atoms with van der Waals surface area (Å²) in [6, 6.07) is 10.4. The fourth-order valence-corrected chi connectivity index (χ4v) is 2.60. The third-order valence-electron chi connectivity index (χ3n) is 4.11. The summed E-state index contributed by atoms with van der Waals surface area (Å²) in [5.74, 6) is -1.57. The van der Waals surface area contributed by atoms with Crippen LogP contribution in [0.2, 0.25) is 0 Å². The molecule has 0 aromatic heterocycles. The Morgan fingerprint density at radius 1 is 0.862 bits per heavy atom. The van der Waals surface area contributed by atoms with Gasteiger partial charge in [0.25, 0.3) is 0 Å². The number of carbonyl (C=O) groups is 3. The van der Waals surface area contributed by atoms with Gasteiger partial charge in [-0.25, -0.2) is 6.29 Å². The van der Waals surface area contributed by atoms with E-state index in [0.29, 0.717) is 0 Å². The number of ketones is 2. The summed E-state index contributed by atoms with van der Waals surface area (Å²) in [6.45, 7) is 0. The molecule has 0 aliphatic carbocycles. The molecule has 2 aromatic carbocycles. The Bertz CT molecular complexity index is 904. The zero-order chi connectivity index (χ0) is 20.7. The number of Topliss-reactive ketones (excluding diaryl/α,β-unsaturated/α-hetero) is 2. The molecule has 2 aromatic rings. The largest absolute Gasteiger partial charge is 0.540 e. The van der Waals surface area contributed by atoms with Gasteiger partial charge >= 0.3 is 0 Å². The van der Waals surface area contributed by atoms with Crippen LogP contribution in [0.1, 0.15) is 33.6 Å². The molecule has 160 valence electrons. The molecular formula is C20H21N4O4Yb-. The van der Waals surface area contributed by atoms with Crippen molar-refractivity contribution in [3.63, 3.8) is 0 Å². The minimum atomic E-state index is -1.21. The van der Waals surface area contributed by atoms with Crippen molar-refractivity contribution in [3.05, 3.63) is 59.7 Å². The first-order chi connectivity index (χ1) is 13.3. The fourth-order valence-electron chi connectivity index (χ4n) is 2.60. The average molecular weight is 554 g/mol. The number of para-hydroxylation sites is 2. The number of hydrogen-bond donors (Lipinski definition) is 4. The fraction of sp³-hybridized carbons (Fsp3) is 0.200. The Morgan fingerprint density at radius 3 is 1.76 bits per heavy atom. The number of amides is 1. The molecule has 0 saturated heterocycles. The van der Waals surface area contributed by atoms with E-state index < -0.39 is 29.6 Å². The van der Waals surface area contributed by atoms with Gasteiger partial charge < -0.3 is 27.3 Å². The Morgan fingerprint density at radius 2 is 1.31 bits per heavy atom. The topological polar surface area (TPSA) is 158 Å². The first-order valence-electron chi connectivity index (χ1n) is 8.52. The number of benzene rings is 2. The molecule has 1 amide bonds. The molecular weight excluding hydrogens is 533 g/mol. The van der Waals surface area contributed by atoms with Crippen LogP contribution >= 0.6 is 0 Å². The number of nitrogens with one attached hydrogen (secondary N) is 1. The van der Waals surface area contributed by atoms with Crippen LogP contribution in [0, 0.1) is 46.9 Å². The van der Waals surface area contributed by atoms with Gasteiger partial charge in [-0.05, 0) is 24.3 Å². The van der Waals surface area contributed by atoms with Crippen LogP contribution in [0.3, 0.4) is 0 Å². The van der Waals surface area contributed by atoms with Crippen LogP contribution in [0.25, 0.3) is 0 Å². The molecule has 0 aliphatic rings. The summed E-state index contributed by atoms with van der Waals surface area (Å²) < 4.78 is 0. The number of carbonyl (C=O) groups excluding carboxylic acids is 4. The first kappa shape index (κ1) is 25.0. The number of hydrogen-bond acceptors (Lipinski definition) is 7. The van der Waals surface area contributed by atoms with Crippen molar-refractivity contribution in [2.24, 2.45) is 5.73 Å². The van der Waals surface area contributed by atoms with Crippen molar-refractivity contribution in [3.8, 4) is 0 Å². The van der Waals surface area contributed by atoms with Crippen LogP contribution < -0.4 is 22.5 Å². The van der Waals surface area contributed by atoms with Crippen molar-refractivity contribution in [2.45, 2.75) is 24.9 Å². The molecule has 0 saturated carbocycles. The summed E-state index contributed by atoms with van der Waals surface area (Å²) in [4.78, 5) is 47.9. The first-order valence-corrected chi connectivity index (χ1v) is 8.52. The van der Waals surface area contributed by atoms with Crippen molar-refractivity contribution in [2.75, 3.05) is 11.5 Å². The SMILES string of the molecule is Nc1ccccc1C(=O)CC([C-]=O)NC(=O)C(N)CC(=O)c1ccccc1N.[Yb]. The molecule has 0 fully saturated rings. The molecule has 0 bridgehead atoms. The predicted octanol–water partition coefficient (Wildman–Crippen LogP) is 0.619. The summed E-state index contributed by atoms with van der Waals surface area (Å²) in [6.07, 6.45) is 0.974. The summed E-state index contributed by atoms with van der Waals surface area (Å²) in [5.41, 5.74) is 18.3. The monoisotopic (exact) mass is 555 g/mol. The van der Waals surface area contributed by atoms with E-state index in [-0.39, 0.29) is 82.3 Å². The van der Waals surface area contributed by atoms with Crippen molar-refractivity contribution < 1.29 is 66.1 Å². The maximum atomic E-state index is 12.3. The number of rotatable bonds is 9. The van der Waals surface area contributed by atoms with Gasteiger partial charge in [-0.2, -0.15) is 0 Å². The van der Waals surface area contributed by atoms with Crippen molar-refractivity contribution >= 4 is 35.1 Å². The number of nitrogens with two attached hydrogens (primary N) is 3. The Hall–Kier alpha value is -2.00. The average Bonchev–Trinajstić information content (AvgIpc) is 2.67. The maximum absolute atomic E-state index is 12.3. The van der Waals surface area contributed by atoms with Crippen LogP contribution in [-0.2, 0) is 9.59 Å². The second-order valence-electron chi connectivity index (χ2n) is 6.21. The van der Waals surface area contributed by atoms with Crippen LogP contribution in [0.4, 0.5) is 11.4 Å². The van der Waals surface area contributed by atoms with E-state index in [1.54, 1.807) is 42.7 Å². The van der Waals surface area contributed by atoms with Gasteiger partial charge in [0.05, 0.1) is 6.04 Å². The minimum absolute atomic E-state index is 0. The van der Waals surface area contributed by atoms with Crippen LogP contribution in [-0.4, -0.2) is 35.8 Å². The van der Waals surface area contributed by atoms with Gasteiger partial charge in [-0.15, -0.1) is 0 Å². The molecule has 2 unspecified atom stereocenters. The molecule has 2 atom stereocenters. The molecule has 9 heteroatoms.